The fourth-order valence-electron chi connectivity index (χ4n) is 3.53. The molecular formula is C16H21NO3S. The Labute approximate surface area is 126 Å². The minimum atomic E-state index is -2.91. The fraction of sp³-hybridized carbons (Fsp3) is 0.562. The Balaban J connectivity index is 1.66. The van der Waals surface area contributed by atoms with E-state index < -0.39 is 9.84 Å². The van der Waals surface area contributed by atoms with Crippen molar-refractivity contribution in [3.05, 3.63) is 35.4 Å². The number of amides is 1. The average Bonchev–Trinajstić information content (AvgIpc) is 3.01. The third-order valence-corrected chi connectivity index (χ3v) is 6.59. The quantitative estimate of drug-likeness (QED) is 0.858. The van der Waals surface area contributed by atoms with E-state index in [4.69, 9.17) is 0 Å². The van der Waals surface area contributed by atoms with Crippen LogP contribution in [0.25, 0.3) is 0 Å². The summed E-state index contributed by atoms with van der Waals surface area (Å²) >= 11 is 0. The molecule has 1 heterocycles. The maximum absolute atomic E-state index is 12.4. The Kier molecular flexibility index (Phi) is 3.78. The average molecular weight is 307 g/mol. The standard InChI is InChI=1S/C16H21NO3S/c1-17(15-7-6-13-4-2-3-5-14(13)15)16(18)10-12-8-9-21(19,20)11-12/h2-5,12,15H,6-11H2,1H3. The van der Waals surface area contributed by atoms with Crippen LogP contribution in [0, 0.1) is 5.92 Å². The first-order valence-corrected chi connectivity index (χ1v) is 9.32. The lowest BCUT2D eigenvalue weighted by Gasteiger charge is -2.26. The maximum Gasteiger partial charge on any atom is 0.223 e. The van der Waals surface area contributed by atoms with Gasteiger partial charge in [-0.05, 0) is 36.3 Å². The summed E-state index contributed by atoms with van der Waals surface area (Å²) < 4.78 is 23.0. The highest BCUT2D eigenvalue weighted by atomic mass is 32.2. The molecule has 1 aliphatic heterocycles. The van der Waals surface area contributed by atoms with Gasteiger partial charge in [-0.25, -0.2) is 8.42 Å². The van der Waals surface area contributed by atoms with Gasteiger partial charge in [0.15, 0.2) is 9.84 Å². The summed E-state index contributed by atoms with van der Waals surface area (Å²) in [5, 5.41) is 0. The molecule has 114 valence electrons. The second-order valence-corrected chi connectivity index (χ2v) is 8.46. The van der Waals surface area contributed by atoms with Gasteiger partial charge in [-0.1, -0.05) is 24.3 Å². The number of aryl methyl sites for hydroxylation is 1. The van der Waals surface area contributed by atoms with Crippen molar-refractivity contribution in [3.63, 3.8) is 0 Å². The van der Waals surface area contributed by atoms with Crippen molar-refractivity contribution in [2.75, 3.05) is 18.6 Å². The van der Waals surface area contributed by atoms with Gasteiger partial charge in [-0.15, -0.1) is 0 Å². The number of nitrogens with zero attached hydrogens (tertiary/aromatic N) is 1. The fourth-order valence-corrected chi connectivity index (χ4v) is 5.40. The highest BCUT2D eigenvalue weighted by Gasteiger charge is 2.33. The van der Waals surface area contributed by atoms with E-state index >= 15 is 0 Å². The lowest BCUT2D eigenvalue weighted by molar-refractivity contribution is -0.132. The predicted octanol–water partition coefficient (Wildman–Crippen LogP) is 1.96. The van der Waals surface area contributed by atoms with Crippen LogP contribution in [0.2, 0.25) is 0 Å². The molecule has 0 bridgehead atoms. The summed E-state index contributed by atoms with van der Waals surface area (Å²) in [6, 6.07) is 8.41. The van der Waals surface area contributed by atoms with Gasteiger partial charge in [0.1, 0.15) is 0 Å². The van der Waals surface area contributed by atoms with E-state index in [0.717, 1.165) is 12.8 Å². The molecule has 0 aromatic heterocycles. The van der Waals surface area contributed by atoms with E-state index in [2.05, 4.69) is 12.1 Å². The molecule has 2 atom stereocenters. The van der Waals surface area contributed by atoms with Crippen LogP contribution >= 0.6 is 0 Å². The van der Waals surface area contributed by atoms with Crippen molar-refractivity contribution in [2.24, 2.45) is 5.92 Å². The van der Waals surface area contributed by atoms with E-state index in [1.165, 1.54) is 11.1 Å². The maximum atomic E-state index is 12.4. The van der Waals surface area contributed by atoms with Crippen LogP contribution in [0.3, 0.4) is 0 Å². The number of sulfone groups is 1. The lowest BCUT2D eigenvalue weighted by Crippen LogP contribution is -2.31. The van der Waals surface area contributed by atoms with Crippen molar-refractivity contribution in [2.45, 2.75) is 31.7 Å². The largest absolute Gasteiger partial charge is 0.339 e. The first-order valence-electron chi connectivity index (χ1n) is 7.50. The second kappa shape index (κ2) is 5.44. The summed E-state index contributed by atoms with van der Waals surface area (Å²) in [7, 11) is -1.06. The molecule has 2 aliphatic rings. The van der Waals surface area contributed by atoms with Crippen LogP contribution in [0.15, 0.2) is 24.3 Å². The summed E-state index contributed by atoms with van der Waals surface area (Å²) in [6.45, 7) is 0. The van der Waals surface area contributed by atoms with Crippen LogP contribution < -0.4 is 0 Å². The Bertz CT molecular complexity index is 653. The summed E-state index contributed by atoms with van der Waals surface area (Å²) in [4.78, 5) is 14.3. The van der Waals surface area contributed by atoms with Gasteiger partial charge in [0.25, 0.3) is 0 Å². The number of carbonyl (C=O) groups is 1. The number of benzene rings is 1. The number of hydrogen-bond donors (Lipinski definition) is 0. The summed E-state index contributed by atoms with van der Waals surface area (Å²) in [5.74, 6) is 0.481. The Morgan fingerprint density at radius 2 is 2.05 bits per heavy atom. The van der Waals surface area contributed by atoms with Crippen molar-refractivity contribution in [1.82, 2.24) is 4.90 Å². The monoisotopic (exact) mass is 307 g/mol. The van der Waals surface area contributed by atoms with Crippen molar-refractivity contribution >= 4 is 15.7 Å². The van der Waals surface area contributed by atoms with E-state index in [1.807, 2.05) is 24.1 Å². The predicted molar refractivity (Wildman–Crippen MR) is 81.7 cm³/mol. The van der Waals surface area contributed by atoms with Crippen molar-refractivity contribution in [3.8, 4) is 0 Å². The van der Waals surface area contributed by atoms with Gasteiger partial charge in [0, 0.05) is 13.5 Å². The first-order chi connectivity index (χ1) is 9.96. The molecule has 0 N–H and O–H groups in total. The molecule has 0 saturated carbocycles. The topological polar surface area (TPSA) is 54.5 Å². The zero-order valence-corrected chi connectivity index (χ0v) is 13.1. The molecule has 0 spiro atoms. The third-order valence-electron chi connectivity index (χ3n) is 4.75. The molecule has 21 heavy (non-hydrogen) atoms. The number of carbonyl (C=O) groups excluding carboxylic acids is 1. The zero-order valence-electron chi connectivity index (χ0n) is 12.3. The van der Waals surface area contributed by atoms with E-state index in [9.17, 15) is 13.2 Å². The van der Waals surface area contributed by atoms with E-state index in [-0.39, 0.29) is 29.4 Å². The first kappa shape index (κ1) is 14.6. The van der Waals surface area contributed by atoms with Crippen LogP contribution in [-0.2, 0) is 21.1 Å². The molecule has 1 aromatic rings. The van der Waals surface area contributed by atoms with Gasteiger partial charge in [-0.2, -0.15) is 0 Å². The normalized spacial score (nSPS) is 26.5. The van der Waals surface area contributed by atoms with Gasteiger partial charge >= 0.3 is 0 Å². The molecule has 0 radical (unpaired) electrons. The number of hydrogen-bond acceptors (Lipinski definition) is 3. The zero-order chi connectivity index (χ0) is 15.0. The molecule has 1 saturated heterocycles. The van der Waals surface area contributed by atoms with Crippen LogP contribution in [0.4, 0.5) is 0 Å². The Hall–Kier alpha value is -1.36. The third kappa shape index (κ3) is 2.98. The minimum Gasteiger partial charge on any atom is -0.339 e. The number of fused-ring (bicyclic) bond motifs is 1. The van der Waals surface area contributed by atoms with E-state index in [0.29, 0.717) is 12.8 Å². The summed E-state index contributed by atoms with van der Waals surface area (Å²) in [6.07, 6.45) is 2.96. The Morgan fingerprint density at radius 3 is 2.76 bits per heavy atom. The second-order valence-electron chi connectivity index (χ2n) is 6.23. The molecule has 4 nitrogen and oxygen atoms in total. The van der Waals surface area contributed by atoms with Gasteiger partial charge in [-0.3, -0.25) is 4.79 Å². The molecule has 3 rings (SSSR count). The van der Waals surface area contributed by atoms with E-state index in [1.54, 1.807) is 0 Å². The molecule has 1 fully saturated rings. The van der Waals surface area contributed by atoms with Crippen LogP contribution in [0.5, 0.6) is 0 Å². The molecule has 1 aliphatic carbocycles. The van der Waals surface area contributed by atoms with Gasteiger partial charge in [0.2, 0.25) is 5.91 Å². The SMILES string of the molecule is CN(C(=O)CC1CCS(=O)(=O)C1)C1CCc2ccccc21. The number of rotatable bonds is 3. The highest BCUT2D eigenvalue weighted by Crippen LogP contribution is 2.35. The minimum absolute atomic E-state index is 0.00148. The van der Waals surface area contributed by atoms with Crippen molar-refractivity contribution in [1.29, 1.82) is 0 Å². The van der Waals surface area contributed by atoms with Crippen molar-refractivity contribution < 1.29 is 13.2 Å². The molecule has 1 aromatic carbocycles. The lowest BCUT2D eigenvalue weighted by atomic mass is 10.0. The summed E-state index contributed by atoms with van der Waals surface area (Å²) in [5.41, 5.74) is 2.57. The Morgan fingerprint density at radius 1 is 1.29 bits per heavy atom. The highest BCUT2D eigenvalue weighted by molar-refractivity contribution is 7.91. The van der Waals surface area contributed by atoms with Crippen LogP contribution in [0.1, 0.15) is 36.4 Å². The molecule has 2 unspecified atom stereocenters. The smallest absolute Gasteiger partial charge is 0.223 e. The van der Waals surface area contributed by atoms with Crippen LogP contribution in [-0.4, -0.2) is 37.8 Å². The van der Waals surface area contributed by atoms with Gasteiger partial charge in [0.05, 0.1) is 17.5 Å². The molecule has 5 heteroatoms. The molecular weight excluding hydrogens is 286 g/mol. The van der Waals surface area contributed by atoms with Gasteiger partial charge < -0.3 is 4.90 Å². The molecule has 1 amide bonds.